The van der Waals surface area contributed by atoms with E-state index in [1.54, 1.807) is 12.4 Å². The van der Waals surface area contributed by atoms with Gasteiger partial charge in [0, 0.05) is 55.5 Å². The third-order valence-electron chi connectivity index (χ3n) is 6.12. The fraction of sp³-hybridized carbons (Fsp3) is 0. The van der Waals surface area contributed by atoms with Gasteiger partial charge in [-0.2, -0.15) is 5.01 Å². The number of hydrazine groups is 1. The van der Waals surface area contributed by atoms with E-state index in [-0.39, 0.29) is 5.11 Å². The SMILES string of the molecule is O=C1C(c2c[nH]c3ccccc23)=C(c2c[nH]c3ccccc23)C(=O)N1NC(=S)Nc1ccc(Br)cc1. The van der Waals surface area contributed by atoms with Gasteiger partial charge in [-0.05, 0) is 48.6 Å². The molecule has 176 valence electrons. The first-order valence-corrected chi connectivity index (χ1v) is 12.3. The van der Waals surface area contributed by atoms with Crippen LogP contribution in [0.1, 0.15) is 11.1 Å². The summed E-state index contributed by atoms with van der Waals surface area (Å²) < 4.78 is 0.924. The lowest BCUT2D eigenvalue weighted by molar-refractivity contribution is -0.138. The van der Waals surface area contributed by atoms with Gasteiger partial charge in [-0.3, -0.25) is 15.0 Å². The predicted octanol–water partition coefficient (Wildman–Crippen LogP) is 5.59. The van der Waals surface area contributed by atoms with E-state index in [0.29, 0.717) is 22.3 Å². The molecule has 0 spiro atoms. The largest absolute Gasteiger partial charge is 0.361 e. The van der Waals surface area contributed by atoms with Crippen LogP contribution in [0, 0.1) is 0 Å². The van der Waals surface area contributed by atoms with Crippen LogP contribution in [-0.2, 0) is 9.59 Å². The highest BCUT2D eigenvalue weighted by Gasteiger charge is 2.42. The lowest BCUT2D eigenvalue weighted by atomic mass is 9.95. The summed E-state index contributed by atoms with van der Waals surface area (Å²) in [7, 11) is 0. The van der Waals surface area contributed by atoms with Crippen LogP contribution in [0.2, 0.25) is 0 Å². The number of para-hydroxylation sites is 2. The second-order valence-corrected chi connectivity index (χ2v) is 9.59. The second-order valence-electron chi connectivity index (χ2n) is 8.26. The molecular formula is C27H18BrN5O2S. The number of nitrogens with zero attached hydrogens (tertiary/aromatic N) is 1. The number of carbonyl (C=O) groups excluding carboxylic acids is 2. The number of halogens is 1. The van der Waals surface area contributed by atoms with Crippen molar-refractivity contribution in [2.24, 2.45) is 0 Å². The van der Waals surface area contributed by atoms with E-state index >= 15 is 0 Å². The smallest absolute Gasteiger partial charge is 0.281 e. The fourth-order valence-electron chi connectivity index (χ4n) is 4.48. The molecule has 0 aliphatic carbocycles. The Hall–Kier alpha value is -4.21. The third-order valence-corrected chi connectivity index (χ3v) is 6.84. The molecule has 7 nitrogen and oxygen atoms in total. The molecule has 2 aromatic heterocycles. The highest BCUT2D eigenvalue weighted by atomic mass is 79.9. The van der Waals surface area contributed by atoms with Gasteiger partial charge in [-0.25, -0.2) is 0 Å². The summed E-state index contributed by atoms with van der Waals surface area (Å²) in [6.07, 6.45) is 3.53. The summed E-state index contributed by atoms with van der Waals surface area (Å²) in [5.41, 5.74) is 7.19. The monoisotopic (exact) mass is 555 g/mol. The van der Waals surface area contributed by atoms with Gasteiger partial charge in [-0.15, -0.1) is 0 Å². The molecule has 0 fully saturated rings. The van der Waals surface area contributed by atoms with Gasteiger partial charge in [0.15, 0.2) is 5.11 Å². The van der Waals surface area contributed by atoms with Crippen molar-refractivity contribution < 1.29 is 9.59 Å². The van der Waals surface area contributed by atoms with E-state index in [0.717, 1.165) is 37.0 Å². The minimum atomic E-state index is -0.481. The molecule has 36 heavy (non-hydrogen) atoms. The third kappa shape index (κ3) is 3.69. The summed E-state index contributed by atoms with van der Waals surface area (Å²) in [6, 6.07) is 22.7. The Morgan fingerprint density at radius 1 is 0.750 bits per heavy atom. The average molecular weight is 556 g/mol. The predicted molar refractivity (Wildman–Crippen MR) is 149 cm³/mol. The molecule has 0 radical (unpaired) electrons. The molecule has 5 aromatic rings. The number of amides is 2. The molecule has 0 saturated heterocycles. The van der Waals surface area contributed by atoms with E-state index in [1.165, 1.54) is 0 Å². The molecule has 4 N–H and O–H groups in total. The fourth-order valence-corrected chi connectivity index (χ4v) is 4.95. The summed E-state index contributed by atoms with van der Waals surface area (Å²) in [5, 5.41) is 5.82. The Balaban J connectivity index is 1.43. The van der Waals surface area contributed by atoms with E-state index < -0.39 is 11.8 Å². The number of nitrogens with one attached hydrogen (secondary N) is 4. The second kappa shape index (κ2) is 8.78. The maximum Gasteiger partial charge on any atom is 0.281 e. The average Bonchev–Trinajstić information content (AvgIpc) is 3.56. The standard InChI is InChI=1S/C27H18BrN5O2S/c28-15-9-11-16(12-10-15)31-27(36)32-33-25(34)23(19-13-29-21-7-3-1-5-17(19)21)24(26(33)35)20-14-30-22-8-4-2-6-18(20)22/h1-14,29-30H,(H2,31,32,36). The van der Waals surface area contributed by atoms with Gasteiger partial charge in [0.2, 0.25) is 0 Å². The molecule has 1 aliphatic heterocycles. The number of rotatable bonds is 4. The van der Waals surface area contributed by atoms with Crippen molar-refractivity contribution in [1.29, 1.82) is 0 Å². The van der Waals surface area contributed by atoms with Gasteiger partial charge in [0.25, 0.3) is 11.8 Å². The van der Waals surface area contributed by atoms with Crippen molar-refractivity contribution in [3.05, 3.63) is 101 Å². The van der Waals surface area contributed by atoms with Crippen molar-refractivity contribution in [3.8, 4) is 0 Å². The highest BCUT2D eigenvalue weighted by molar-refractivity contribution is 9.10. The molecular weight excluding hydrogens is 538 g/mol. The van der Waals surface area contributed by atoms with Crippen LogP contribution in [0.3, 0.4) is 0 Å². The topological polar surface area (TPSA) is 93.0 Å². The summed E-state index contributed by atoms with van der Waals surface area (Å²) in [5.74, 6) is -0.963. The summed E-state index contributed by atoms with van der Waals surface area (Å²) in [6.45, 7) is 0. The van der Waals surface area contributed by atoms with Gasteiger partial charge in [-0.1, -0.05) is 52.3 Å². The van der Waals surface area contributed by atoms with Crippen LogP contribution < -0.4 is 10.7 Å². The van der Waals surface area contributed by atoms with Crippen LogP contribution in [0.5, 0.6) is 0 Å². The van der Waals surface area contributed by atoms with Gasteiger partial charge >= 0.3 is 0 Å². The maximum atomic E-state index is 13.8. The zero-order valence-electron chi connectivity index (χ0n) is 18.6. The number of aromatic nitrogens is 2. The molecule has 0 bridgehead atoms. The van der Waals surface area contributed by atoms with Gasteiger partial charge in [0.05, 0.1) is 11.1 Å². The first-order chi connectivity index (χ1) is 17.5. The van der Waals surface area contributed by atoms with Gasteiger partial charge in [0.1, 0.15) is 0 Å². The van der Waals surface area contributed by atoms with E-state index in [2.05, 4.69) is 36.6 Å². The molecule has 0 saturated carbocycles. The number of benzene rings is 3. The number of fused-ring (bicyclic) bond motifs is 2. The van der Waals surface area contributed by atoms with Crippen LogP contribution in [0.25, 0.3) is 33.0 Å². The van der Waals surface area contributed by atoms with Crippen molar-refractivity contribution in [3.63, 3.8) is 0 Å². The summed E-state index contributed by atoms with van der Waals surface area (Å²) >= 11 is 8.83. The Labute approximate surface area is 219 Å². The van der Waals surface area contributed by atoms with Crippen LogP contribution in [0.15, 0.2) is 89.7 Å². The quantitative estimate of drug-likeness (QED) is 0.171. The minimum absolute atomic E-state index is 0.123. The summed E-state index contributed by atoms with van der Waals surface area (Å²) in [4.78, 5) is 34.0. The first kappa shape index (κ1) is 22.3. The van der Waals surface area contributed by atoms with Crippen molar-refractivity contribution >= 4 is 83.7 Å². The Morgan fingerprint density at radius 3 is 1.78 bits per heavy atom. The molecule has 3 heterocycles. The number of carbonyl (C=O) groups is 2. The number of aromatic amines is 2. The molecule has 1 aliphatic rings. The Morgan fingerprint density at radius 2 is 1.25 bits per heavy atom. The molecule has 3 aromatic carbocycles. The van der Waals surface area contributed by atoms with Crippen LogP contribution in [0.4, 0.5) is 5.69 Å². The minimum Gasteiger partial charge on any atom is -0.361 e. The number of anilines is 1. The number of hydrogen-bond donors (Lipinski definition) is 4. The Kier molecular flexibility index (Phi) is 5.43. The normalized spacial score (nSPS) is 13.8. The zero-order valence-corrected chi connectivity index (χ0v) is 21.0. The molecule has 0 atom stereocenters. The van der Waals surface area contributed by atoms with Crippen molar-refractivity contribution in [2.75, 3.05) is 5.32 Å². The van der Waals surface area contributed by atoms with E-state index in [9.17, 15) is 9.59 Å². The maximum absolute atomic E-state index is 13.8. The van der Waals surface area contributed by atoms with E-state index in [1.807, 2.05) is 72.8 Å². The van der Waals surface area contributed by atoms with E-state index in [4.69, 9.17) is 12.2 Å². The number of hydrogen-bond acceptors (Lipinski definition) is 3. The molecule has 9 heteroatoms. The van der Waals surface area contributed by atoms with Gasteiger partial charge < -0.3 is 15.3 Å². The molecule has 0 unspecified atom stereocenters. The number of thiocarbonyl (C=S) groups is 1. The van der Waals surface area contributed by atoms with Crippen LogP contribution in [-0.4, -0.2) is 31.9 Å². The highest BCUT2D eigenvalue weighted by Crippen LogP contribution is 2.40. The lowest BCUT2D eigenvalue weighted by Gasteiger charge is -2.19. The van der Waals surface area contributed by atoms with Crippen LogP contribution >= 0.6 is 28.1 Å². The van der Waals surface area contributed by atoms with Crippen molar-refractivity contribution in [2.45, 2.75) is 0 Å². The zero-order chi connectivity index (χ0) is 24.8. The molecule has 2 amide bonds. The Bertz CT molecular complexity index is 1620. The van der Waals surface area contributed by atoms with Crippen molar-refractivity contribution in [1.82, 2.24) is 20.4 Å². The molecule has 6 rings (SSSR count). The first-order valence-electron chi connectivity index (χ1n) is 11.1. The lowest BCUT2D eigenvalue weighted by Crippen LogP contribution is -2.48. The number of H-pyrrole nitrogens is 2. The number of imide groups is 1.